The Bertz CT molecular complexity index is 828. The average Bonchev–Trinajstić information content (AvgIpc) is 2.68. The molecule has 25 heavy (non-hydrogen) atoms. The van der Waals surface area contributed by atoms with Crippen molar-refractivity contribution in [1.82, 2.24) is 4.98 Å². The number of hydrogen-bond donors (Lipinski definition) is 0. The van der Waals surface area contributed by atoms with Crippen LogP contribution >= 0.6 is 0 Å². The molecule has 0 radical (unpaired) electrons. The summed E-state index contributed by atoms with van der Waals surface area (Å²) in [4.78, 5) is 6.98. The summed E-state index contributed by atoms with van der Waals surface area (Å²) in [5, 5.41) is -0.373. The average molecular weight is 360 g/mol. The summed E-state index contributed by atoms with van der Waals surface area (Å²) >= 11 is 0. The summed E-state index contributed by atoms with van der Waals surface area (Å²) < 4.78 is 31.3. The maximum atomic E-state index is 13.0. The first-order valence-electron chi connectivity index (χ1n) is 8.63. The highest BCUT2D eigenvalue weighted by Gasteiger charge is 2.33. The van der Waals surface area contributed by atoms with E-state index in [1.54, 1.807) is 30.5 Å². The third kappa shape index (κ3) is 3.49. The van der Waals surface area contributed by atoms with Crippen LogP contribution in [-0.2, 0) is 16.3 Å². The topological polar surface area (TPSA) is 59.5 Å². The minimum absolute atomic E-state index is 0.298. The van der Waals surface area contributed by atoms with Gasteiger partial charge in [-0.05, 0) is 43.5 Å². The molecule has 0 bridgehead atoms. The number of nitrogens with zero attached hydrogens (tertiary/aromatic N) is 2. The Hall–Kier alpha value is -2.08. The zero-order valence-electron chi connectivity index (χ0n) is 14.7. The highest BCUT2D eigenvalue weighted by Crippen LogP contribution is 2.32. The lowest BCUT2D eigenvalue weighted by atomic mass is 10.1. The monoisotopic (exact) mass is 360 g/mol. The van der Waals surface area contributed by atoms with Crippen molar-refractivity contribution in [3.63, 3.8) is 0 Å². The van der Waals surface area contributed by atoms with E-state index in [1.165, 1.54) is 7.11 Å². The van der Waals surface area contributed by atoms with Gasteiger partial charge in [-0.1, -0.05) is 19.1 Å². The standard InChI is InChI=1S/C19H24N2O3S/c1-3-16-17(7-6-12-20-16)21-13-10-15(11-14-21)25(22,23)19-9-5-4-8-18(19)24-2/h4-9,12,15H,3,10-11,13-14H2,1-2H3. The summed E-state index contributed by atoms with van der Waals surface area (Å²) in [5.74, 6) is 0.422. The minimum Gasteiger partial charge on any atom is -0.495 e. The van der Waals surface area contributed by atoms with Crippen molar-refractivity contribution in [2.75, 3.05) is 25.1 Å². The van der Waals surface area contributed by atoms with Gasteiger partial charge in [-0.15, -0.1) is 0 Å². The van der Waals surface area contributed by atoms with Gasteiger partial charge in [0, 0.05) is 19.3 Å². The van der Waals surface area contributed by atoms with Crippen molar-refractivity contribution >= 4 is 15.5 Å². The van der Waals surface area contributed by atoms with Crippen LogP contribution in [0.25, 0.3) is 0 Å². The van der Waals surface area contributed by atoms with Gasteiger partial charge in [0.1, 0.15) is 10.6 Å². The fourth-order valence-electron chi connectivity index (χ4n) is 3.43. The van der Waals surface area contributed by atoms with Gasteiger partial charge in [0.2, 0.25) is 0 Å². The number of aryl methyl sites for hydroxylation is 1. The van der Waals surface area contributed by atoms with E-state index in [9.17, 15) is 8.42 Å². The molecule has 0 atom stereocenters. The maximum absolute atomic E-state index is 13.0. The second-order valence-corrected chi connectivity index (χ2v) is 8.40. The molecule has 0 aliphatic carbocycles. The molecule has 1 aromatic heterocycles. The normalized spacial score (nSPS) is 16.0. The SMILES string of the molecule is CCc1ncccc1N1CCC(S(=O)(=O)c2ccccc2OC)CC1. The number of sulfone groups is 1. The second-order valence-electron chi connectivity index (χ2n) is 6.21. The van der Waals surface area contributed by atoms with Crippen LogP contribution in [0.4, 0.5) is 5.69 Å². The molecular weight excluding hydrogens is 336 g/mol. The van der Waals surface area contributed by atoms with E-state index in [-0.39, 0.29) is 5.25 Å². The van der Waals surface area contributed by atoms with Gasteiger partial charge in [-0.25, -0.2) is 8.42 Å². The van der Waals surface area contributed by atoms with Crippen LogP contribution < -0.4 is 9.64 Å². The van der Waals surface area contributed by atoms with Crippen molar-refractivity contribution in [2.45, 2.75) is 36.3 Å². The molecule has 0 unspecified atom stereocenters. The number of piperidine rings is 1. The molecule has 1 aromatic carbocycles. The Morgan fingerprint density at radius 2 is 1.88 bits per heavy atom. The van der Waals surface area contributed by atoms with E-state index in [4.69, 9.17) is 4.74 Å². The molecule has 134 valence electrons. The number of rotatable bonds is 5. The fourth-order valence-corrected chi connectivity index (χ4v) is 5.32. The van der Waals surface area contributed by atoms with E-state index >= 15 is 0 Å². The number of benzene rings is 1. The Balaban J connectivity index is 1.78. The summed E-state index contributed by atoms with van der Waals surface area (Å²) in [7, 11) is -1.89. The first kappa shape index (κ1) is 17.7. The largest absolute Gasteiger partial charge is 0.495 e. The van der Waals surface area contributed by atoms with Crippen molar-refractivity contribution in [3.05, 3.63) is 48.3 Å². The quantitative estimate of drug-likeness (QED) is 0.820. The molecular formula is C19H24N2O3S. The summed E-state index contributed by atoms with van der Waals surface area (Å²) in [5.41, 5.74) is 2.19. The second kappa shape index (κ2) is 7.44. The Kier molecular flexibility index (Phi) is 5.27. The van der Waals surface area contributed by atoms with Gasteiger partial charge in [-0.3, -0.25) is 4.98 Å². The molecule has 0 spiro atoms. The van der Waals surface area contributed by atoms with Gasteiger partial charge < -0.3 is 9.64 Å². The zero-order chi connectivity index (χ0) is 17.9. The van der Waals surface area contributed by atoms with E-state index in [0.29, 0.717) is 23.5 Å². The third-order valence-corrected chi connectivity index (χ3v) is 7.10. The van der Waals surface area contributed by atoms with Crippen LogP contribution in [0.2, 0.25) is 0 Å². The summed E-state index contributed by atoms with van der Waals surface area (Å²) in [6.45, 7) is 3.53. The smallest absolute Gasteiger partial charge is 0.185 e. The molecule has 1 aliphatic heterocycles. The molecule has 2 heterocycles. The fraction of sp³-hybridized carbons (Fsp3) is 0.421. The van der Waals surface area contributed by atoms with Gasteiger partial charge in [-0.2, -0.15) is 0 Å². The molecule has 2 aromatic rings. The van der Waals surface area contributed by atoms with Crippen LogP contribution in [0.15, 0.2) is 47.5 Å². The first-order valence-corrected chi connectivity index (χ1v) is 10.2. The van der Waals surface area contributed by atoms with Crippen molar-refractivity contribution in [1.29, 1.82) is 0 Å². The Morgan fingerprint density at radius 3 is 2.56 bits per heavy atom. The molecule has 1 aliphatic rings. The molecule has 1 fully saturated rings. The molecule has 1 saturated heterocycles. The summed E-state index contributed by atoms with van der Waals surface area (Å²) in [6, 6.07) is 10.9. The zero-order valence-corrected chi connectivity index (χ0v) is 15.5. The van der Waals surface area contributed by atoms with Crippen LogP contribution in [0.5, 0.6) is 5.75 Å². The molecule has 0 N–H and O–H groups in total. The van der Waals surface area contributed by atoms with Crippen LogP contribution in [-0.4, -0.2) is 38.9 Å². The van der Waals surface area contributed by atoms with Gasteiger partial charge >= 0.3 is 0 Å². The maximum Gasteiger partial charge on any atom is 0.185 e. The van der Waals surface area contributed by atoms with Crippen LogP contribution in [0, 0.1) is 0 Å². The lowest BCUT2D eigenvalue weighted by Gasteiger charge is -2.34. The number of para-hydroxylation sites is 1. The van der Waals surface area contributed by atoms with Crippen molar-refractivity contribution < 1.29 is 13.2 Å². The van der Waals surface area contributed by atoms with E-state index in [2.05, 4.69) is 22.9 Å². The number of hydrogen-bond acceptors (Lipinski definition) is 5. The van der Waals surface area contributed by atoms with E-state index < -0.39 is 9.84 Å². The lowest BCUT2D eigenvalue weighted by Crippen LogP contribution is -2.39. The van der Waals surface area contributed by atoms with E-state index in [0.717, 1.165) is 30.9 Å². The van der Waals surface area contributed by atoms with E-state index in [1.807, 2.05) is 6.07 Å². The number of aromatic nitrogens is 1. The van der Waals surface area contributed by atoms with Crippen molar-refractivity contribution in [2.24, 2.45) is 0 Å². The number of methoxy groups -OCH3 is 1. The molecule has 3 rings (SSSR count). The van der Waals surface area contributed by atoms with Crippen LogP contribution in [0.1, 0.15) is 25.5 Å². The minimum atomic E-state index is -3.39. The number of ether oxygens (including phenoxy) is 1. The molecule has 0 saturated carbocycles. The number of anilines is 1. The summed E-state index contributed by atoms with van der Waals surface area (Å²) in [6.07, 6.45) is 3.90. The molecule has 0 amide bonds. The molecule has 6 heteroatoms. The molecule has 5 nitrogen and oxygen atoms in total. The Morgan fingerprint density at radius 1 is 1.16 bits per heavy atom. The highest BCUT2D eigenvalue weighted by atomic mass is 32.2. The van der Waals surface area contributed by atoms with Gasteiger partial charge in [0.15, 0.2) is 9.84 Å². The Labute approximate surface area is 149 Å². The third-order valence-electron chi connectivity index (χ3n) is 4.80. The van der Waals surface area contributed by atoms with Crippen molar-refractivity contribution in [3.8, 4) is 5.75 Å². The lowest BCUT2D eigenvalue weighted by molar-refractivity contribution is 0.402. The van der Waals surface area contributed by atoms with Gasteiger partial charge in [0.25, 0.3) is 0 Å². The first-order chi connectivity index (χ1) is 12.1. The predicted octanol–water partition coefficient (Wildman–Crippen LogP) is 3.10. The van der Waals surface area contributed by atoms with Gasteiger partial charge in [0.05, 0.1) is 23.7 Å². The van der Waals surface area contributed by atoms with Crippen LogP contribution in [0.3, 0.4) is 0 Å². The predicted molar refractivity (Wildman–Crippen MR) is 99.0 cm³/mol. The highest BCUT2D eigenvalue weighted by molar-refractivity contribution is 7.92. The number of pyridine rings is 1.